The number of benzene rings is 2. The number of carbonyl (C=O) groups is 2. The summed E-state index contributed by atoms with van der Waals surface area (Å²) in [5.74, 6) is 0.681. The van der Waals surface area contributed by atoms with Gasteiger partial charge in [-0.3, -0.25) is 9.69 Å². The van der Waals surface area contributed by atoms with Gasteiger partial charge in [0.1, 0.15) is 11.9 Å². The Hall–Kier alpha value is -3.02. The van der Waals surface area contributed by atoms with E-state index in [1.807, 2.05) is 62.4 Å². The highest BCUT2D eigenvalue weighted by Gasteiger charge is 2.32. The van der Waals surface area contributed by atoms with Crippen LogP contribution in [0.3, 0.4) is 0 Å². The summed E-state index contributed by atoms with van der Waals surface area (Å²) in [7, 11) is 0. The lowest BCUT2D eigenvalue weighted by Crippen LogP contribution is -2.35. The minimum Gasteiger partial charge on any atom is -0.494 e. The molecular formula is C21H24N2O4. The van der Waals surface area contributed by atoms with E-state index in [9.17, 15) is 9.59 Å². The van der Waals surface area contributed by atoms with Crippen LogP contribution in [0.25, 0.3) is 0 Å². The predicted octanol–water partition coefficient (Wildman–Crippen LogP) is 3.08. The van der Waals surface area contributed by atoms with E-state index in [2.05, 4.69) is 5.32 Å². The average molecular weight is 368 g/mol. The summed E-state index contributed by atoms with van der Waals surface area (Å²) >= 11 is 0. The summed E-state index contributed by atoms with van der Waals surface area (Å²) in [5.41, 5.74) is 2.79. The standard InChI is InChI=1S/C21H24N2O4/c1-3-26-18-9-7-16(8-10-18)12-20(24)22-13-19-14-23(21(25)27-19)17-6-4-5-15(2)11-17/h4-11,19H,3,12-14H2,1-2H3,(H,22,24). The van der Waals surface area contributed by atoms with Gasteiger partial charge in [0.25, 0.3) is 0 Å². The zero-order chi connectivity index (χ0) is 19.2. The Kier molecular flexibility index (Phi) is 5.96. The molecule has 6 heteroatoms. The molecule has 1 atom stereocenters. The maximum absolute atomic E-state index is 12.2. The first-order valence-corrected chi connectivity index (χ1v) is 9.08. The summed E-state index contributed by atoms with van der Waals surface area (Å²) < 4.78 is 10.8. The summed E-state index contributed by atoms with van der Waals surface area (Å²) in [5, 5.41) is 2.84. The van der Waals surface area contributed by atoms with Crippen LogP contribution in [-0.4, -0.2) is 37.8 Å². The highest BCUT2D eigenvalue weighted by molar-refractivity contribution is 5.90. The van der Waals surface area contributed by atoms with Crippen LogP contribution in [0.5, 0.6) is 5.75 Å². The van der Waals surface area contributed by atoms with Crippen molar-refractivity contribution in [2.24, 2.45) is 0 Å². The van der Waals surface area contributed by atoms with Crippen molar-refractivity contribution in [2.75, 3.05) is 24.6 Å². The number of cyclic esters (lactones) is 1. The molecule has 0 bridgehead atoms. The Labute approximate surface area is 159 Å². The molecule has 1 aliphatic rings. The van der Waals surface area contributed by atoms with Gasteiger partial charge in [0.15, 0.2) is 0 Å². The highest BCUT2D eigenvalue weighted by Crippen LogP contribution is 2.22. The second-order valence-corrected chi connectivity index (χ2v) is 6.51. The second-order valence-electron chi connectivity index (χ2n) is 6.51. The van der Waals surface area contributed by atoms with Crippen molar-refractivity contribution in [1.82, 2.24) is 5.32 Å². The largest absolute Gasteiger partial charge is 0.494 e. The first kappa shape index (κ1) is 18.8. The van der Waals surface area contributed by atoms with E-state index in [-0.39, 0.29) is 24.5 Å². The molecule has 142 valence electrons. The number of hydrogen-bond donors (Lipinski definition) is 1. The number of carbonyl (C=O) groups excluding carboxylic acids is 2. The normalized spacial score (nSPS) is 16.1. The van der Waals surface area contributed by atoms with Crippen molar-refractivity contribution in [3.8, 4) is 5.75 Å². The van der Waals surface area contributed by atoms with Gasteiger partial charge in [0.05, 0.1) is 26.1 Å². The van der Waals surface area contributed by atoms with Crippen LogP contribution in [0, 0.1) is 6.92 Å². The maximum Gasteiger partial charge on any atom is 0.414 e. The topological polar surface area (TPSA) is 67.9 Å². The molecule has 0 spiro atoms. The summed E-state index contributed by atoms with van der Waals surface area (Å²) in [6.07, 6.45) is -0.470. The van der Waals surface area contributed by atoms with Crippen LogP contribution >= 0.6 is 0 Å². The minimum atomic E-state index is -0.383. The second kappa shape index (κ2) is 8.58. The molecule has 2 amide bonds. The SMILES string of the molecule is CCOc1ccc(CC(=O)NCC2CN(c3cccc(C)c3)C(=O)O2)cc1. The van der Waals surface area contributed by atoms with Crippen LogP contribution in [0.4, 0.5) is 10.5 Å². The third-order valence-corrected chi connectivity index (χ3v) is 4.31. The summed E-state index contributed by atoms with van der Waals surface area (Å²) in [4.78, 5) is 25.9. The zero-order valence-corrected chi connectivity index (χ0v) is 15.6. The Morgan fingerprint density at radius 1 is 1.26 bits per heavy atom. The minimum absolute atomic E-state index is 0.107. The molecule has 0 radical (unpaired) electrons. The quantitative estimate of drug-likeness (QED) is 0.816. The average Bonchev–Trinajstić information content (AvgIpc) is 3.03. The van der Waals surface area contributed by atoms with E-state index < -0.39 is 0 Å². The molecule has 1 heterocycles. The first-order valence-electron chi connectivity index (χ1n) is 9.08. The molecule has 27 heavy (non-hydrogen) atoms. The van der Waals surface area contributed by atoms with Crippen molar-refractivity contribution in [3.05, 3.63) is 59.7 Å². The van der Waals surface area contributed by atoms with Crippen LogP contribution in [0.1, 0.15) is 18.1 Å². The van der Waals surface area contributed by atoms with E-state index in [4.69, 9.17) is 9.47 Å². The summed E-state index contributed by atoms with van der Waals surface area (Å²) in [6.45, 7) is 5.23. The van der Waals surface area contributed by atoms with Crippen molar-refractivity contribution < 1.29 is 19.1 Å². The molecule has 1 fully saturated rings. The van der Waals surface area contributed by atoms with Gasteiger partial charge in [-0.1, -0.05) is 24.3 Å². The maximum atomic E-state index is 12.2. The number of ether oxygens (including phenoxy) is 2. The molecule has 2 aromatic carbocycles. The molecule has 0 saturated carbocycles. The fourth-order valence-electron chi connectivity index (χ4n) is 2.98. The van der Waals surface area contributed by atoms with Crippen LogP contribution in [0.2, 0.25) is 0 Å². The van der Waals surface area contributed by atoms with E-state index in [1.165, 1.54) is 0 Å². The van der Waals surface area contributed by atoms with Gasteiger partial charge in [-0.25, -0.2) is 4.79 Å². The lowest BCUT2D eigenvalue weighted by Gasteiger charge is -2.13. The van der Waals surface area contributed by atoms with E-state index in [0.717, 1.165) is 22.6 Å². The van der Waals surface area contributed by atoms with Crippen LogP contribution < -0.4 is 15.0 Å². The zero-order valence-electron chi connectivity index (χ0n) is 15.6. The number of amides is 2. The molecule has 1 N–H and O–H groups in total. The van der Waals surface area contributed by atoms with Crippen molar-refractivity contribution in [3.63, 3.8) is 0 Å². The van der Waals surface area contributed by atoms with Crippen molar-refractivity contribution in [2.45, 2.75) is 26.4 Å². The molecule has 0 aliphatic carbocycles. The third-order valence-electron chi connectivity index (χ3n) is 4.31. The lowest BCUT2D eigenvalue weighted by molar-refractivity contribution is -0.120. The van der Waals surface area contributed by atoms with Gasteiger partial charge in [-0.05, 0) is 49.2 Å². The van der Waals surface area contributed by atoms with Crippen molar-refractivity contribution in [1.29, 1.82) is 0 Å². The Morgan fingerprint density at radius 2 is 2.04 bits per heavy atom. The van der Waals surface area contributed by atoms with Crippen LogP contribution in [0.15, 0.2) is 48.5 Å². The molecule has 0 aromatic heterocycles. The van der Waals surface area contributed by atoms with Crippen molar-refractivity contribution >= 4 is 17.7 Å². The van der Waals surface area contributed by atoms with Gasteiger partial charge < -0.3 is 14.8 Å². The third kappa shape index (κ3) is 5.00. The molecule has 3 rings (SSSR count). The van der Waals surface area contributed by atoms with E-state index in [0.29, 0.717) is 19.7 Å². The number of anilines is 1. The molecule has 1 aliphatic heterocycles. The number of aryl methyl sites for hydroxylation is 1. The molecular weight excluding hydrogens is 344 g/mol. The van der Waals surface area contributed by atoms with E-state index in [1.54, 1.807) is 4.90 Å². The van der Waals surface area contributed by atoms with Gasteiger partial charge in [0.2, 0.25) is 5.91 Å². The number of rotatable bonds is 7. The molecule has 1 unspecified atom stereocenters. The number of hydrogen-bond acceptors (Lipinski definition) is 4. The number of nitrogens with one attached hydrogen (secondary N) is 1. The smallest absolute Gasteiger partial charge is 0.414 e. The fourth-order valence-corrected chi connectivity index (χ4v) is 2.98. The summed E-state index contributed by atoms with van der Waals surface area (Å²) in [6, 6.07) is 15.1. The monoisotopic (exact) mass is 368 g/mol. The van der Waals surface area contributed by atoms with Gasteiger partial charge in [-0.15, -0.1) is 0 Å². The Morgan fingerprint density at radius 3 is 2.74 bits per heavy atom. The van der Waals surface area contributed by atoms with Gasteiger partial charge in [-0.2, -0.15) is 0 Å². The molecule has 2 aromatic rings. The Bertz CT molecular complexity index is 804. The van der Waals surface area contributed by atoms with E-state index >= 15 is 0 Å². The van der Waals surface area contributed by atoms with Gasteiger partial charge in [0, 0.05) is 5.69 Å². The predicted molar refractivity (Wildman–Crippen MR) is 103 cm³/mol. The highest BCUT2D eigenvalue weighted by atomic mass is 16.6. The fraction of sp³-hybridized carbons (Fsp3) is 0.333. The van der Waals surface area contributed by atoms with Crippen LogP contribution in [-0.2, 0) is 16.0 Å². The molecule has 6 nitrogen and oxygen atoms in total. The number of nitrogens with zero attached hydrogens (tertiary/aromatic N) is 1. The van der Waals surface area contributed by atoms with Gasteiger partial charge >= 0.3 is 6.09 Å². The lowest BCUT2D eigenvalue weighted by atomic mass is 10.1. The molecule has 1 saturated heterocycles. The Balaban J connectivity index is 1.48. The first-order chi connectivity index (χ1) is 13.0.